The Kier molecular flexibility index (Phi) is 3.78. The summed E-state index contributed by atoms with van der Waals surface area (Å²) < 4.78 is 18.3. The van der Waals surface area contributed by atoms with E-state index >= 15 is 0 Å². The average Bonchev–Trinajstić information content (AvgIpc) is 2.32. The van der Waals surface area contributed by atoms with E-state index in [1.54, 1.807) is 12.1 Å². The lowest BCUT2D eigenvalue weighted by molar-refractivity contribution is 0.00925. The molecule has 1 aliphatic rings. The minimum atomic E-state index is -0.191. The van der Waals surface area contributed by atoms with Gasteiger partial charge < -0.3 is 10.1 Å². The van der Waals surface area contributed by atoms with E-state index in [-0.39, 0.29) is 5.82 Å². The first kappa shape index (κ1) is 11.4. The molecule has 0 aromatic heterocycles. The van der Waals surface area contributed by atoms with Crippen molar-refractivity contribution in [1.82, 2.24) is 0 Å². The van der Waals surface area contributed by atoms with Gasteiger partial charge in [0.05, 0.1) is 6.10 Å². The summed E-state index contributed by atoms with van der Waals surface area (Å²) in [4.78, 5) is 0. The summed E-state index contributed by atoms with van der Waals surface area (Å²) in [7, 11) is 0. The number of nitrogens with one attached hydrogen (secondary N) is 1. The SMILES string of the molecule is CCC1CC(Nc2ccc(F)cc2)CCO1. The molecule has 2 atom stereocenters. The van der Waals surface area contributed by atoms with Gasteiger partial charge in [-0.2, -0.15) is 0 Å². The van der Waals surface area contributed by atoms with Crippen molar-refractivity contribution in [3.05, 3.63) is 30.1 Å². The van der Waals surface area contributed by atoms with E-state index in [1.807, 2.05) is 0 Å². The van der Waals surface area contributed by atoms with Crippen LogP contribution in [-0.4, -0.2) is 18.8 Å². The maximum atomic E-state index is 12.7. The van der Waals surface area contributed by atoms with E-state index in [4.69, 9.17) is 4.74 Å². The number of halogens is 1. The molecule has 1 N–H and O–H groups in total. The molecule has 1 heterocycles. The monoisotopic (exact) mass is 223 g/mol. The molecule has 16 heavy (non-hydrogen) atoms. The summed E-state index contributed by atoms with van der Waals surface area (Å²) in [5.41, 5.74) is 0.989. The predicted molar refractivity (Wildman–Crippen MR) is 63.1 cm³/mol. The van der Waals surface area contributed by atoms with Crippen molar-refractivity contribution in [3.8, 4) is 0 Å². The molecule has 1 aromatic rings. The number of rotatable bonds is 3. The summed E-state index contributed by atoms with van der Waals surface area (Å²) in [6.07, 6.45) is 3.48. The highest BCUT2D eigenvalue weighted by Gasteiger charge is 2.20. The first-order valence-electron chi connectivity index (χ1n) is 5.91. The van der Waals surface area contributed by atoms with E-state index < -0.39 is 0 Å². The minimum absolute atomic E-state index is 0.191. The largest absolute Gasteiger partial charge is 0.382 e. The second kappa shape index (κ2) is 5.30. The van der Waals surface area contributed by atoms with Crippen molar-refractivity contribution >= 4 is 5.69 Å². The Bertz CT molecular complexity index is 325. The Morgan fingerprint density at radius 1 is 1.38 bits per heavy atom. The second-order valence-corrected chi connectivity index (χ2v) is 4.27. The summed E-state index contributed by atoms with van der Waals surface area (Å²) >= 11 is 0. The smallest absolute Gasteiger partial charge is 0.123 e. The van der Waals surface area contributed by atoms with Gasteiger partial charge in [-0.1, -0.05) is 6.92 Å². The number of anilines is 1. The molecule has 1 aliphatic heterocycles. The molecule has 2 unspecified atom stereocenters. The van der Waals surface area contributed by atoms with Crippen molar-refractivity contribution < 1.29 is 9.13 Å². The maximum Gasteiger partial charge on any atom is 0.123 e. The molecule has 0 amide bonds. The van der Waals surface area contributed by atoms with Gasteiger partial charge in [0, 0.05) is 18.3 Å². The Labute approximate surface area is 95.8 Å². The van der Waals surface area contributed by atoms with Crippen LogP contribution in [0.5, 0.6) is 0 Å². The normalized spacial score (nSPS) is 25.4. The number of hydrogen-bond donors (Lipinski definition) is 1. The van der Waals surface area contributed by atoms with E-state index in [1.165, 1.54) is 12.1 Å². The van der Waals surface area contributed by atoms with Crippen LogP contribution in [0.25, 0.3) is 0 Å². The fraction of sp³-hybridized carbons (Fsp3) is 0.538. The lowest BCUT2D eigenvalue weighted by atomic mass is 10.0. The van der Waals surface area contributed by atoms with Gasteiger partial charge in [-0.25, -0.2) is 4.39 Å². The van der Waals surface area contributed by atoms with Crippen molar-refractivity contribution in [2.24, 2.45) is 0 Å². The van der Waals surface area contributed by atoms with E-state index in [9.17, 15) is 4.39 Å². The quantitative estimate of drug-likeness (QED) is 0.849. The van der Waals surface area contributed by atoms with Gasteiger partial charge in [-0.3, -0.25) is 0 Å². The number of hydrogen-bond acceptors (Lipinski definition) is 2. The van der Waals surface area contributed by atoms with Gasteiger partial charge in [-0.05, 0) is 43.5 Å². The van der Waals surface area contributed by atoms with Gasteiger partial charge >= 0.3 is 0 Å². The average molecular weight is 223 g/mol. The van der Waals surface area contributed by atoms with Gasteiger partial charge in [0.2, 0.25) is 0 Å². The molecule has 2 nitrogen and oxygen atoms in total. The molecule has 3 heteroatoms. The van der Waals surface area contributed by atoms with Crippen LogP contribution in [0.15, 0.2) is 24.3 Å². The molecular formula is C13H18FNO. The molecule has 0 saturated carbocycles. The van der Waals surface area contributed by atoms with Gasteiger partial charge in [-0.15, -0.1) is 0 Å². The second-order valence-electron chi connectivity index (χ2n) is 4.27. The van der Waals surface area contributed by atoms with E-state index in [2.05, 4.69) is 12.2 Å². The topological polar surface area (TPSA) is 21.3 Å². The fourth-order valence-corrected chi connectivity index (χ4v) is 2.08. The van der Waals surface area contributed by atoms with Crippen molar-refractivity contribution in [2.45, 2.75) is 38.3 Å². The molecule has 0 spiro atoms. The fourth-order valence-electron chi connectivity index (χ4n) is 2.08. The molecule has 1 saturated heterocycles. The Morgan fingerprint density at radius 2 is 2.12 bits per heavy atom. The Hall–Kier alpha value is -1.09. The standard InChI is InChI=1S/C13H18FNO/c1-2-13-9-12(7-8-16-13)15-11-5-3-10(14)4-6-11/h3-6,12-13,15H,2,7-9H2,1H3. The third kappa shape index (κ3) is 2.95. The van der Waals surface area contributed by atoms with Crippen LogP contribution in [0.2, 0.25) is 0 Å². The summed E-state index contributed by atoms with van der Waals surface area (Å²) in [6.45, 7) is 2.96. The highest BCUT2D eigenvalue weighted by atomic mass is 19.1. The van der Waals surface area contributed by atoms with Crippen molar-refractivity contribution in [2.75, 3.05) is 11.9 Å². The highest BCUT2D eigenvalue weighted by Crippen LogP contribution is 2.20. The lowest BCUT2D eigenvalue weighted by Gasteiger charge is -2.30. The molecule has 2 rings (SSSR count). The zero-order valence-corrected chi connectivity index (χ0v) is 9.58. The van der Waals surface area contributed by atoms with Gasteiger partial charge in [0.15, 0.2) is 0 Å². The zero-order valence-electron chi connectivity index (χ0n) is 9.58. The predicted octanol–water partition coefficient (Wildman–Crippen LogP) is 3.20. The van der Waals surface area contributed by atoms with Gasteiger partial charge in [0.25, 0.3) is 0 Å². The number of benzene rings is 1. The molecule has 0 radical (unpaired) electrons. The minimum Gasteiger partial charge on any atom is -0.382 e. The van der Waals surface area contributed by atoms with E-state index in [0.29, 0.717) is 12.1 Å². The highest BCUT2D eigenvalue weighted by molar-refractivity contribution is 5.43. The van der Waals surface area contributed by atoms with Crippen LogP contribution in [0.4, 0.5) is 10.1 Å². The molecule has 88 valence electrons. The maximum absolute atomic E-state index is 12.7. The first-order chi connectivity index (χ1) is 7.78. The zero-order chi connectivity index (χ0) is 11.4. The van der Waals surface area contributed by atoms with Crippen molar-refractivity contribution in [1.29, 1.82) is 0 Å². The first-order valence-corrected chi connectivity index (χ1v) is 5.91. The molecule has 1 aromatic carbocycles. The van der Waals surface area contributed by atoms with Crippen LogP contribution in [0.1, 0.15) is 26.2 Å². The van der Waals surface area contributed by atoms with Crippen LogP contribution in [0, 0.1) is 5.82 Å². The van der Waals surface area contributed by atoms with Crippen LogP contribution in [0.3, 0.4) is 0 Å². The van der Waals surface area contributed by atoms with Crippen molar-refractivity contribution in [3.63, 3.8) is 0 Å². The van der Waals surface area contributed by atoms with Crippen LogP contribution < -0.4 is 5.32 Å². The molecule has 1 fully saturated rings. The van der Waals surface area contributed by atoms with Crippen LogP contribution in [-0.2, 0) is 4.74 Å². The summed E-state index contributed by atoms with van der Waals surface area (Å²) in [5, 5.41) is 3.43. The molecule has 0 aliphatic carbocycles. The van der Waals surface area contributed by atoms with Gasteiger partial charge in [0.1, 0.15) is 5.82 Å². The third-order valence-corrected chi connectivity index (χ3v) is 3.04. The Balaban J connectivity index is 1.91. The lowest BCUT2D eigenvalue weighted by Crippen LogP contribution is -2.33. The Morgan fingerprint density at radius 3 is 2.81 bits per heavy atom. The third-order valence-electron chi connectivity index (χ3n) is 3.04. The number of ether oxygens (including phenoxy) is 1. The van der Waals surface area contributed by atoms with E-state index in [0.717, 1.165) is 31.6 Å². The molecular weight excluding hydrogens is 205 g/mol. The summed E-state index contributed by atoms with van der Waals surface area (Å²) in [6, 6.07) is 6.99. The van der Waals surface area contributed by atoms with Crippen LogP contribution >= 0.6 is 0 Å². The molecule has 0 bridgehead atoms. The summed E-state index contributed by atoms with van der Waals surface area (Å²) in [5.74, 6) is -0.191.